The van der Waals surface area contributed by atoms with Gasteiger partial charge < -0.3 is 10.8 Å². The van der Waals surface area contributed by atoms with Gasteiger partial charge in [-0.1, -0.05) is 12.1 Å². The molecule has 0 heterocycles. The monoisotopic (exact) mass is 211 g/mol. The standard InChI is InChI=1S/C11H14FNO2/c1-8(14)11(13,7-12)6-9-3-2-4-10(15)5-9/h2-5,15H,6-7,13H2,1H3. The van der Waals surface area contributed by atoms with Crippen LogP contribution in [-0.4, -0.2) is 23.1 Å². The summed E-state index contributed by atoms with van der Waals surface area (Å²) >= 11 is 0. The Morgan fingerprint density at radius 2 is 2.27 bits per heavy atom. The minimum absolute atomic E-state index is 0.0808. The van der Waals surface area contributed by atoms with Crippen LogP contribution < -0.4 is 5.73 Å². The number of hydrogen-bond acceptors (Lipinski definition) is 3. The summed E-state index contributed by atoms with van der Waals surface area (Å²) in [5.41, 5.74) is 4.78. The molecule has 0 bridgehead atoms. The van der Waals surface area contributed by atoms with Crippen LogP contribution in [0.15, 0.2) is 24.3 Å². The summed E-state index contributed by atoms with van der Waals surface area (Å²) in [6.45, 7) is 0.361. The van der Waals surface area contributed by atoms with E-state index in [0.717, 1.165) is 0 Å². The van der Waals surface area contributed by atoms with Crippen molar-refractivity contribution in [2.24, 2.45) is 5.73 Å². The van der Waals surface area contributed by atoms with Gasteiger partial charge in [-0.05, 0) is 24.6 Å². The Balaban J connectivity index is 2.89. The van der Waals surface area contributed by atoms with Gasteiger partial charge >= 0.3 is 0 Å². The number of ketones is 1. The van der Waals surface area contributed by atoms with E-state index in [1.54, 1.807) is 12.1 Å². The van der Waals surface area contributed by atoms with E-state index in [-0.39, 0.29) is 12.2 Å². The Labute approximate surface area is 87.7 Å². The molecule has 0 aliphatic carbocycles. The topological polar surface area (TPSA) is 63.3 Å². The molecule has 4 heteroatoms. The van der Waals surface area contributed by atoms with E-state index in [2.05, 4.69) is 0 Å². The van der Waals surface area contributed by atoms with E-state index in [1.807, 2.05) is 0 Å². The number of aromatic hydroxyl groups is 1. The molecule has 82 valence electrons. The normalized spacial score (nSPS) is 14.6. The van der Waals surface area contributed by atoms with E-state index in [9.17, 15) is 14.3 Å². The van der Waals surface area contributed by atoms with Crippen LogP contribution in [0.4, 0.5) is 4.39 Å². The number of nitrogens with two attached hydrogens (primary N) is 1. The van der Waals surface area contributed by atoms with Crippen molar-refractivity contribution in [2.45, 2.75) is 18.9 Å². The summed E-state index contributed by atoms with van der Waals surface area (Å²) in [7, 11) is 0. The molecule has 0 aliphatic heterocycles. The SMILES string of the molecule is CC(=O)C(N)(CF)Cc1cccc(O)c1. The molecule has 3 N–H and O–H groups in total. The van der Waals surface area contributed by atoms with Gasteiger partial charge in [-0.3, -0.25) is 4.79 Å². The van der Waals surface area contributed by atoms with Crippen molar-refractivity contribution in [3.05, 3.63) is 29.8 Å². The predicted molar refractivity (Wildman–Crippen MR) is 55.4 cm³/mol. The predicted octanol–water partition coefficient (Wildman–Crippen LogP) is 1.19. The zero-order chi connectivity index (χ0) is 11.5. The highest BCUT2D eigenvalue weighted by atomic mass is 19.1. The van der Waals surface area contributed by atoms with Crippen molar-refractivity contribution in [1.29, 1.82) is 0 Å². The summed E-state index contributed by atoms with van der Waals surface area (Å²) in [5.74, 6) is -0.314. The molecule has 0 radical (unpaired) electrons. The van der Waals surface area contributed by atoms with Crippen molar-refractivity contribution >= 4 is 5.78 Å². The molecule has 0 amide bonds. The maximum Gasteiger partial charge on any atom is 0.152 e. The van der Waals surface area contributed by atoms with E-state index in [4.69, 9.17) is 5.73 Å². The van der Waals surface area contributed by atoms with Gasteiger partial charge in [-0.15, -0.1) is 0 Å². The van der Waals surface area contributed by atoms with Crippen LogP contribution in [0.1, 0.15) is 12.5 Å². The molecule has 1 aromatic carbocycles. The summed E-state index contributed by atoms with van der Waals surface area (Å²) in [4.78, 5) is 11.2. The zero-order valence-electron chi connectivity index (χ0n) is 8.53. The van der Waals surface area contributed by atoms with Crippen LogP contribution >= 0.6 is 0 Å². The van der Waals surface area contributed by atoms with Gasteiger partial charge in [0.15, 0.2) is 5.78 Å². The number of phenols is 1. The third kappa shape index (κ3) is 2.76. The Hall–Kier alpha value is -1.42. The van der Waals surface area contributed by atoms with Crippen LogP contribution in [0.5, 0.6) is 5.75 Å². The molecule has 1 rings (SSSR count). The maximum absolute atomic E-state index is 12.7. The quantitative estimate of drug-likeness (QED) is 0.786. The van der Waals surface area contributed by atoms with Crippen molar-refractivity contribution in [3.63, 3.8) is 0 Å². The van der Waals surface area contributed by atoms with Crippen molar-refractivity contribution in [2.75, 3.05) is 6.67 Å². The van der Waals surface area contributed by atoms with E-state index in [1.165, 1.54) is 19.1 Å². The molecular weight excluding hydrogens is 197 g/mol. The van der Waals surface area contributed by atoms with Crippen LogP contribution in [0, 0.1) is 0 Å². The highest BCUT2D eigenvalue weighted by Crippen LogP contribution is 2.17. The molecule has 0 aliphatic rings. The number of halogens is 1. The van der Waals surface area contributed by atoms with E-state index < -0.39 is 18.0 Å². The van der Waals surface area contributed by atoms with Gasteiger partial charge in [0.25, 0.3) is 0 Å². The Kier molecular flexibility index (Phi) is 3.42. The Morgan fingerprint density at radius 1 is 1.60 bits per heavy atom. The number of hydrogen-bond donors (Lipinski definition) is 2. The molecule has 0 spiro atoms. The molecule has 1 unspecified atom stereocenters. The zero-order valence-corrected chi connectivity index (χ0v) is 8.53. The molecule has 1 aromatic rings. The fourth-order valence-electron chi connectivity index (χ4n) is 1.30. The summed E-state index contributed by atoms with van der Waals surface area (Å²) < 4.78 is 12.7. The van der Waals surface area contributed by atoms with E-state index >= 15 is 0 Å². The smallest absolute Gasteiger partial charge is 0.152 e. The summed E-state index contributed by atoms with van der Waals surface area (Å²) in [6.07, 6.45) is 0.0905. The summed E-state index contributed by atoms with van der Waals surface area (Å²) in [6, 6.07) is 6.30. The van der Waals surface area contributed by atoms with Gasteiger partial charge in [0, 0.05) is 6.42 Å². The van der Waals surface area contributed by atoms with Crippen LogP contribution in [0.2, 0.25) is 0 Å². The molecule has 15 heavy (non-hydrogen) atoms. The van der Waals surface area contributed by atoms with Crippen molar-refractivity contribution in [1.82, 2.24) is 0 Å². The highest BCUT2D eigenvalue weighted by Gasteiger charge is 2.30. The van der Waals surface area contributed by atoms with Crippen LogP contribution in [-0.2, 0) is 11.2 Å². The first-order chi connectivity index (χ1) is 6.98. The first-order valence-corrected chi connectivity index (χ1v) is 4.62. The summed E-state index contributed by atoms with van der Waals surface area (Å²) in [5, 5.41) is 9.20. The molecule has 0 saturated heterocycles. The first kappa shape index (κ1) is 11.7. The largest absolute Gasteiger partial charge is 0.508 e. The number of alkyl halides is 1. The minimum Gasteiger partial charge on any atom is -0.508 e. The minimum atomic E-state index is -1.48. The lowest BCUT2D eigenvalue weighted by atomic mass is 9.89. The second-order valence-electron chi connectivity index (χ2n) is 3.69. The van der Waals surface area contributed by atoms with Crippen LogP contribution in [0.3, 0.4) is 0 Å². The highest BCUT2D eigenvalue weighted by molar-refractivity contribution is 5.86. The molecule has 0 fully saturated rings. The van der Waals surface area contributed by atoms with Crippen molar-refractivity contribution < 1.29 is 14.3 Å². The lowest BCUT2D eigenvalue weighted by Crippen LogP contribution is -2.50. The molecule has 3 nitrogen and oxygen atoms in total. The Bertz CT molecular complexity index is 367. The number of carbonyl (C=O) groups is 1. The maximum atomic E-state index is 12.7. The number of phenolic OH excluding ortho intramolecular Hbond substituents is 1. The lowest BCUT2D eigenvalue weighted by molar-refractivity contribution is -0.122. The average molecular weight is 211 g/mol. The second kappa shape index (κ2) is 4.40. The van der Waals surface area contributed by atoms with Gasteiger partial charge in [0.2, 0.25) is 0 Å². The number of benzene rings is 1. The fourth-order valence-corrected chi connectivity index (χ4v) is 1.30. The number of rotatable bonds is 4. The van der Waals surface area contributed by atoms with Gasteiger partial charge in [-0.25, -0.2) is 4.39 Å². The molecular formula is C11H14FNO2. The molecule has 0 saturated carbocycles. The lowest BCUT2D eigenvalue weighted by Gasteiger charge is -2.22. The van der Waals surface area contributed by atoms with E-state index in [0.29, 0.717) is 5.56 Å². The fraction of sp³-hybridized carbons (Fsp3) is 0.364. The third-order valence-corrected chi connectivity index (χ3v) is 2.37. The number of carbonyl (C=O) groups excluding carboxylic acids is 1. The van der Waals surface area contributed by atoms with Crippen LogP contribution in [0.25, 0.3) is 0 Å². The molecule has 1 atom stereocenters. The third-order valence-electron chi connectivity index (χ3n) is 2.37. The van der Waals surface area contributed by atoms with Crippen molar-refractivity contribution in [3.8, 4) is 5.75 Å². The average Bonchev–Trinajstić information content (AvgIpc) is 2.17. The number of Topliss-reactive ketones (excluding diaryl/α,β-unsaturated/α-hetero) is 1. The van der Waals surface area contributed by atoms with Gasteiger partial charge in [0.1, 0.15) is 18.0 Å². The van der Waals surface area contributed by atoms with Gasteiger partial charge in [0.05, 0.1) is 0 Å². The first-order valence-electron chi connectivity index (χ1n) is 4.62. The second-order valence-corrected chi connectivity index (χ2v) is 3.69. The van der Waals surface area contributed by atoms with Gasteiger partial charge in [-0.2, -0.15) is 0 Å². The Morgan fingerprint density at radius 3 is 2.73 bits per heavy atom. The molecule has 0 aromatic heterocycles.